The van der Waals surface area contributed by atoms with Gasteiger partial charge in [0.2, 0.25) is 11.8 Å². The van der Waals surface area contributed by atoms with Crippen LogP contribution >= 0.6 is 0 Å². The molecule has 0 radical (unpaired) electrons. The monoisotopic (exact) mass is 302 g/mol. The first-order chi connectivity index (χ1) is 10.4. The number of carbonyl (C=O) groups is 2. The van der Waals surface area contributed by atoms with Gasteiger partial charge in [-0.2, -0.15) is 0 Å². The number of carbonyl (C=O) groups excluding carboxylic acids is 2. The van der Waals surface area contributed by atoms with E-state index < -0.39 is 0 Å². The minimum absolute atomic E-state index is 0.0106. The Morgan fingerprint density at radius 3 is 2.64 bits per heavy atom. The van der Waals surface area contributed by atoms with Crippen LogP contribution in [0.5, 0.6) is 0 Å². The average molecular weight is 302 g/mol. The van der Waals surface area contributed by atoms with Gasteiger partial charge in [-0.15, -0.1) is 0 Å². The maximum atomic E-state index is 12.7. The Hall–Kier alpha value is -1.84. The zero-order valence-corrected chi connectivity index (χ0v) is 14.0. The topological polar surface area (TPSA) is 40.6 Å². The van der Waals surface area contributed by atoms with Crippen LogP contribution < -0.4 is 4.90 Å². The number of amides is 2. The molecule has 0 spiro atoms. The summed E-state index contributed by atoms with van der Waals surface area (Å²) in [7, 11) is 0. The summed E-state index contributed by atoms with van der Waals surface area (Å²) in [5.74, 6) is 0.494. The lowest BCUT2D eigenvalue weighted by atomic mass is 10.1. The van der Waals surface area contributed by atoms with Crippen LogP contribution in [0.25, 0.3) is 0 Å². The summed E-state index contributed by atoms with van der Waals surface area (Å²) >= 11 is 0. The molecule has 4 heteroatoms. The van der Waals surface area contributed by atoms with E-state index in [2.05, 4.69) is 26.8 Å². The van der Waals surface area contributed by atoms with Crippen LogP contribution in [0.1, 0.15) is 39.7 Å². The molecule has 4 nitrogen and oxygen atoms in total. The van der Waals surface area contributed by atoms with E-state index in [9.17, 15) is 9.59 Å². The van der Waals surface area contributed by atoms with Crippen molar-refractivity contribution in [1.82, 2.24) is 4.90 Å². The van der Waals surface area contributed by atoms with Crippen molar-refractivity contribution in [2.75, 3.05) is 18.0 Å². The van der Waals surface area contributed by atoms with E-state index in [4.69, 9.17) is 0 Å². The number of fused-ring (bicyclic) bond motifs is 1. The van der Waals surface area contributed by atoms with Gasteiger partial charge in [0, 0.05) is 25.2 Å². The lowest BCUT2D eigenvalue weighted by Crippen LogP contribution is -2.45. The zero-order chi connectivity index (χ0) is 16.3. The number of para-hydroxylation sites is 1. The number of hydrogen-bond donors (Lipinski definition) is 0. The van der Waals surface area contributed by atoms with E-state index >= 15 is 0 Å². The molecule has 0 aromatic heterocycles. The maximum Gasteiger partial charge on any atom is 0.246 e. The molecule has 0 bridgehead atoms. The third-order valence-corrected chi connectivity index (χ3v) is 4.22. The van der Waals surface area contributed by atoms with E-state index in [0.717, 1.165) is 18.5 Å². The Bertz CT molecular complexity index is 554. The Labute approximate surface area is 133 Å². The minimum atomic E-state index is -0.0332. The molecule has 2 rings (SSSR count). The number of rotatable bonds is 5. The van der Waals surface area contributed by atoms with Crippen molar-refractivity contribution in [2.24, 2.45) is 5.92 Å². The van der Waals surface area contributed by atoms with Crippen LogP contribution in [0.2, 0.25) is 0 Å². The van der Waals surface area contributed by atoms with Crippen molar-refractivity contribution in [2.45, 2.75) is 46.6 Å². The Balaban J connectivity index is 2.09. The molecule has 120 valence electrons. The van der Waals surface area contributed by atoms with E-state index in [1.54, 1.807) is 4.90 Å². The molecular weight excluding hydrogens is 276 g/mol. The first-order valence-electron chi connectivity index (χ1n) is 8.05. The summed E-state index contributed by atoms with van der Waals surface area (Å²) in [6.45, 7) is 8.65. The molecule has 0 fully saturated rings. The van der Waals surface area contributed by atoms with Crippen LogP contribution in [0.3, 0.4) is 0 Å². The minimum Gasteiger partial charge on any atom is -0.334 e. The van der Waals surface area contributed by atoms with Crippen molar-refractivity contribution in [3.8, 4) is 0 Å². The molecule has 22 heavy (non-hydrogen) atoms. The molecule has 1 heterocycles. The molecular formula is C18H26N2O2. The zero-order valence-electron chi connectivity index (χ0n) is 14.0. The van der Waals surface area contributed by atoms with Crippen molar-refractivity contribution < 1.29 is 9.59 Å². The van der Waals surface area contributed by atoms with Crippen LogP contribution in [0.4, 0.5) is 5.69 Å². The fourth-order valence-corrected chi connectivity index (χ4v) is 2.95. The fraction of sp³-hybridized carbons (Fsp3) is 0.556. The molecule has 1 aromatic rings. The highest BCUT2D eigenvalue weighted by molar-refractivity contribution is 5.98. The van der Waals surface area contributed by atoms with Gasteiger partial charge >= 0.3 is 0 Å². The van der Waals surface area contributed by atoms with Gasteiger partial charge in [0.15, 0.2) is 0 Å². The lowest BCUT2D eigenvalue weighted by Gasteiger charge is -2.27. The summed E-state index contributed by atoms with van der Waals surface area (Å²) in [5, 5.41) is 0. The van der Waals surface area contributed by atoms with Crippen molar-refractivity contribution >= 4 is 17.5 Å². The molecule has 1 aromatic carbocycles. The van der Waals surface area contributed by atoms with Gasteiger partial charge in [0.1, 0.15) is 6.54 Å². The second-order valence-electron chi connectivity index (χ2n) is 6.57. The van der Waals surface area contributed by atoms with Gasteiger partial charge in [0.25, 0.3) is 0 Å². The van der Waals surface area contributed by atoms with Crippen molar-refractivity contribution in [3.63, 3.8) is 0 Å². The lowest BCUT2D eigenvalue weighted by molar-refractivity contribution is -0.133. The van der Waals surface area contributed by atoms with Crippen molar-refractivity contribution in [1.29, 1.82) is 0 Å². The van der Waals surface area contributed by atoms with Gasteiger partial charge in [-0.1, -0.05) is 32.0 Å². The highest BCUT2D eigenvalue weighted by Crippen LogP contribution is 2.31. The summed E-state index contributed by atoms with van der Waals surface area (Å²) in [4.78, 5) is 28.0. The SMILES string of the molecule is CC(=O)N(CCC(C)C)CC(=O)N1c2ccccc2CC1C. The molecule has 1 aliphatic rings. The number of hydrogen-bond acceptors (Lipinski definition) is 2. The summed E-state index contributed by atoms with van der Waals surface area (Å²) in [5.41, 5.74) is 2.20. The molecule has 0 N–H and O–H groups in total. The van der Waals surface area contributed by atoms with E-state index in [0.29, 0.717) is 12.5 Å². The standard InChI is InChI=1S/C18H26N2O2/c1-13(2)9-10-19(15(4)21)12-18(22)20-14(3)11-16-7-5-6-8-17(16)20/h5-8,13-14H,9-12H2,1-4H3. The smallest absolute Gasteiger partial charge is 0.246 e. The first-order valence-corrected chi connectivity index (χ1v) is 8.05. The summed E-state index contributed by atoms with van der Waals surface area (Å²) in [6.07, 6.45) is 1.80. The summed E-state index contributed by atoms with van der Waals surface area (Å²) < 4.78 is 0. The quantitative estimate of drug-likeness (QED) is 0.839. The average Bonchev–Trinajstić information content (AvgIpc) is 2.78. The van der Waals surface area contributed by atoms with Gasteiger partial charge in [-0.25, -0.2) is 0 Å². The van der Waals surface area contributed by atoms with E-state index in [1.807, 2.05) is 23.1 Å². The van der Waals surface area contributed by atoms with Gasteiger partial charge in [0.05, 0.1) is 0 Å². The molecule has 2 amide bonds. The Morgan fingerprint density at radius 2 is 2.00 bits per heavy atom. The molecule has 0 saturated heterocycles. The normalized spacial score (nSPS) is 16.8. The predicted molar refractivity (Wildman–Crippen MR) is 88.8 cm³/mol. The van der Waals surface area contributed by atoms with E-state index in [-0.39, 0.29) is 24.4 Å². The molecule has 1 aliphatic heterocycles. The highest BCUT2D eigenvalue weighted by Gasteiger charge is 2.31. The van der Waals surface area contributed by atoms with Crippen LogP contribution in [0.15, 0.2) is 24.3 Å². The third-order valence-electron chi connectivity index (χ3n) is 4.22. The Morgan fingerprint density at radius 1 is 1.32 bits per heavy atom. The fourth-order valence-electron chi connectivity index (χ4n) is 2.95. The highest BCUT2D eigenvalue weighted by atomic mass is 16.2. The van der Waals surface area contributed by atoms with E-state index in [1.165, 1.54) is 12.5 Å². The molecule has 1 unspecified atom stereocenters. The van der Waals surface area contributed by atoms with Crippen LogP contribution in [0, 0.1) is 5.92 Å². The summed E-state index contributed by atoms with van der Waals surface area (Å²) in [6, 6.07) is 8.18. The van der Waals surface area contributed by atoms with Gasteiger partial charge in [-0.3, -0.25) is 9.59 Å². The maximum absolute atomic E-state index is 12.7. The van der Waals surface area contributed by atoms with Gasteiger partial charge < -0.3 is 9.80 Å². The number of benzene rings is 1. The predicted octanol–water partition coefficient (Wildman–Crippen LogP) is 2.86. The van der Waals surface area contributed by atoms with Crippen LogP contribution in [-0.4, -0.2) is 35.8 Å². The largest absolute Gasteiger partial charge is 0.334 e. The third kappa shape index (κ3) is 3.67. The molecule has 1 atom stereocenters. The molecule has 0 aliphatic carbocycles. The number of anilines is 1. The van der Waals surface area contributed by atoms with Crippen molar-refractivity contribution in [3.05, 3.63) is 29.8 Å². The second kappa shape index (κ2) is 6.95. The Kier molecular flexibility index (Phi) is 5.22. The van der Waals surface area contributed by atoms with Gasteiger partial charge in [-0.05, 0) is 37.3 Å². The van der Waals surface area contributed by atoms with Crippen LogP contribution in [-0.2, 0) is 16.0 Å². The number of nitrogens with zero attached hydrogens (tertiary/aromatic N) is 2. The molecule has 0 saturated carbocycles. The second-order valence-corrected chi connectivity index (χ2v) is 6.57. The first kappa shape index (κ1) is 16.5.